The molecule has 0 aliphatic carbocycles. The van der Waals surface area contributed by atoms with Crippen molar-refractivity contribution < 1.29 is 9.66 Å². The molecule has 0 bridgehead atoms. The molecule has 0 saturated heterocycles. The van der Waals surface area contributed by atoms with Crippen molar-refractivity contribution in [1.29, 1.82) is 0 Å². The molecular weight excluding hydrogens is 258 g/mol. The minimum Gasteiger partial charge on any atom is -0.487 e. The first-order valence-electron chi connectivity index (χ1n) is 6.89. The summed E-state index contributed by atoms with van der Waals surface area (Å²) in [6.07, 6.45) is 1.73. The number of hydrogen-bond acceptors (Lipinski definition) is 5. The lowest BCUT2D eigenvalue weighted by Crippen LogP contribution is -2.45. The van der Waals surface area contributed by atoms with Crippen LogP contribution < -0.4 is 15.8 Å². The minimum atomic E-state index is -0.444. The van der Waals surface area contributed by atoms with E-state index in [2.05, 4.69) is 5.32 Å². The van der Waals surface area contributed by atoms with E-state index in [0.29, 0.717) is 13.2 Å². The van der Waals surface area contributed by atoms with Crippen LogP contribution in [0.15, 0.2) is 18.2 Å². The number of nitro groups is 1. The maximum atomic E-state index is 10.9. The van der Waals surface area contributed by atoms with Crippen molar-refractivity contribution in [2.45, 2.75) is 39.2 Å². The van der Waals surface area contributed by atoms with Gasteiger partial charge < -0.3 is 15.8 Å². The predicted molar refractivity (Wildman–Crippen MR) is 80.3 cm³/mol. The fourth-order valence-corrected chi connectivity index (χ4v) is 1.82. The lowest BCUT2D eigenvalue weighted by Gasteiger charge is -2.27. The Kier molecular flexibility index (Phi) is 5.76. The summed E-state index contributed by atoms with van der Waals surface area (Å²) in [5.41, 5.74) is 6.70. The van der Waals surface area contributed by atoms with Gasteiger partial charge in [-0.25, -0.2) is 0 Å². The van der Waals surface area contributed by atoms with Crippen LogP contribution in [-0.2, 0) is 0 Å². The maximum absolute atomic E-state index is 10.9. The Morgan fingerprint density at radius 1 is 1.35 bits per heavy atom. The van der Waals surface area contributed by atoms with Gasteiger partial charge in [0.05, 0.1) is 11.5 Å². The number of benzene rings is 1. The quantitative estimate of drug-likeness (QED) is 0.564. The number of rotatable bonds is 8. The zero-order valence-electron chi connectivity index (χ0n) is 12.3. The number of nitrogens with zero attached hydrogens (tertiary/aromatic N) is 1. The van der Waals surface area contributed by atoms with E-state index < -0.39 is 4.92 Å². The van der Waals surface area contributed by atoms with Crippen molar-refractivity contribution in [2.24, 2.45) is 5.73 Å². The van der Waals surface area contributed by atoms with Crippen molar-refractivity contribution in [1.82, 2.24) is 0 Å². The third-order valence-corrected chi connectivity index (χ3v) is 3.51. The van der Waals surface area contributed by atoms with E-state index in [9.17, 15) is 10.1 Å². The summed E-state index contributed by atoms with van der Waals surface area (Å²) in [7, 11) is 0. The summed E-state index contributed by atoms with van der Waals surface area (Å²) in [6, 6.07) is 4.77. The van der Waals surface area contributed by atoms with E-state index in [1.54, 1.807) is 19.1 Å². The standard InChI is InChI=1S/C14H23N3O3/c1-4-14(15,5-2)10-16-11-7-8-12(17(18)19)13(9-11)20-6-3/h7-9,16H,4-6,10,15H2,1-3H3. The number of anilines is 1. The van der Waals surface area contributed by atoms with E-state index in [1.165, 1.54) is 6.07 Å². The van der Waals surface area contributed by atoms with Gasteiger partial charge >= 0.3 is 5.69 Å². The summed E-state index contributed by atoms with van der Waals surface area (Å²) < 4.78 is 5.31. The van der Waals surface area contributed by atoms with Gasteiger partial charge in [-0.1, -0.05) is 13.8 Å². The van der Waals surface area contributed by atoms with Crippen molar-refractivity contribution in [3.05, 3.63) is 28.3 Å². The predicted octanol–water partition coefficient (Wildman–Crippen LogP) is 2.92. The largest absolute Gasteiger partial charge is 0.487 e. The third kappa shape index (κ3) is 4.09. The molecule has 1 aromatic carbocycles. The van der Waals surface area contributed by atoms with Gasteiger partial charge in [-0.2, -0.15) is 0 Å². The molecular formula is C14H23N3O3. The van der Waals surface area contributed by atoms with E-state index in [4.69, 9.17) is 10.5 Å². The monoisotopic (exact) mass is 281 g/mol. The van der Waals surface area contributed by atoms with Crippen molar-refractivity contribution in [2.75, 3.05) is 18.5 Å². The Hall–Kier alpha value is -1.82. The zero-order valence-corrected chi connectivity index (χ0v) is 12.3. The fourth-order valence-electron chi connectivity index (χ4n) is 1.82. The molecule has 0 heterocycles. The SMILES string of the molecule is CCOc1cc(NCC(N)(CC)CC)ccc1[N+](=O)[O-]. The van der Waals surface area contributed by atoms with Crippen LogP contribution in [-0.4, -0.2) is 23.6 Å². The summed E-state index contributed by atoms with van der Waals surface area (Å²) in [6.45, 7) is 6.89. The van der Waals surface area contributed by atoms with Crippen LogP contribution in [0.25, 0.3) is 0 Å². The molecule has 0 atom stereocenters. The average molecular weight is 281 g/mol. The first kappa shape index (κ1) is 16.2. The molecule has 3 N–H and O–H groups in total. The molecule has 6 heteroatoms. The summed E-state index contributed by atoms with van der Waals surface area (Å²) in [5, 5.41) is 14.1. The second-order valence-electron chi connectivity index (χ2n) is 4.80. The van der Waals surface area contributed by atoms with Gasteiger partial charge in [0.15, 0.2) is 5.75 Å². The Morgan fingerprint density at radius 2 is 2.00 bits per heavy atom. The van der Waals surface area contributed by atoms with E-state index in [0.717, 1.165) is 18.5 Å². The van der Waals surface area contributed by atoms with Crippen LogP contribution >= 0.6 is 0 Å². The second kappa shape index (κ2) is 7.09. The third-order valence-electron chi connectivity index (χ3n) is 3.51. The second-order valence-corrected chi connectivity index (χ2v) is 4.80. The van der Waals surface area contributed by atoms with Gasteiger partial charge in [0, 0.05) is 29.9 Å². The molecule has 20 heavy (non-hydrogen) atoms. The highest BCUT2D eigenvalue weighted by atomic mass is 16.6. The summed E-state index contributed by atoms with van der Waals surface area (Å²) in [4.78, 5) is 10.5. The van der Waals surface area contributed by atoms with Crippen LogP contribution in [0.1, 0.15) is 33.6 Å². The summed E-state index contributed by atoms with van der Waals surface area (Å²) in [5.74, 6) is 0.276. The number of hydrogen-bond donors (Lipinski definition) is 2. The van der Waals surface area contributed by atoms with E-state index in [-0.39, 0.29) is 17.0 Å². The van der Waals surface area contributed by atoms with Gasteiger partial charge in [0.2, 0.25) is 0 Å². The van der Waals surface area contributed by atoms with Crippen molar-refractivity contribution in [3.8, 4) is 5.75 Å². The Morgan fingerprint density at radius 3 is 2.50 bits per heavy atom. The Labute approximate surface area is 119 Å². The zero-order chi connectivity index (χ0) is 15.2. The van der Waals surface area contributed by atoms with Gasteiger partial charge in [0.25, 0.3) is 0 Å². The molecule has 0 unspecified atom stereocenters. The first-order chi connectivity index (χ1) is 9.45. The highest BCUT2D eigenvalue weighted by Gasteiger charge is 2.20. The average Bonchev–Trinajstić information content (AvgIpc) is 2.45. The molecule has 0 amide bonds. The van der Waals surface area contributed by atoms with E-state index >= 15 is 0 Å². The van der Waals surface area contributed by atoms with Crippen LogP contribution in [0.5, 0.6) is 5.75 Å². The van der Waals surface area contributed by atoms with E-state index in [1.807, 2.05) is 13.8 Å². The Bertz CT molecular complexity index is 459. The topological polar surface area (TPSA) is 90.4 Å². The lowest BCUT2D eigenvalue weighted by molar-refractivity contribution is -0.385. The van der Waals surface area contributed by atoms with Crippen LogP contribution in [0.4, 0.5) is 11.4 Å². The highest BCUT2D eigenvalue weighted by Crippen LogP contribution is 2.30. The minimum absolute atomic E-state index is 0.0256. The smallest absolute Gasteiger partial charge is 0.311 e. The molecule has 1 aromatic rings. The number of ether oxygens (including phenoxy) is 1. The molecule has 1 rings (SSSR count). The first-order valence-corrected chi connectivity index (χ1v) is 6.89. The maximum Gasteiger partial charge on any atom is 0.311 e. The lowest BCUT2D eigenvalue weighted by atomic mass is 9.94. The summed E-state index contributed by atoms with van der Waals surface area (Å²) >= 11 is 0. The van der Waals surface area contributed by atoms with Crippen LogP contribution in [0.2, 0.25) is 0 Å². The molecule has 0 aliphatic heterocycles. The van der Waals surface area contributed by atoms with Gasteiger partial charge in [-0.3, -0.25) is 10.1 Å². The number of nitrogens with two attached hydrogens (primary N) is 1. The van der Waals surface area contributed by atoms with Crippen molar-refractivity contribution in [3.63, 3.8) is 0 Å². The van der Waals surface area contributed by atoms with Crippen LogP contribution in [0, 0.1) is 10.1 Å². The molecule has 0 aromatic heterocycles. The molecule has 0 spiro atoms. The number of nitrogens with one attached hydrogen (secondary N) is 1. The fraction of sp³-hybridized carbons (Fsp3) is 0.571. The molecule has 0 fully saturated rings. The molecule has 6 nitrogen and oxygen atoms in total. The Balaban J connectivity index is 2.87. The van der Waals surface area contributed by atoms with Crippen molar-refractivity contribution >= 4 is 11.4 Å². The molecule has 0 radical (unpaired) electrons. The molecule has 112 valence electrons. The van der Waals surface area contributed by atoms with Gasteiger partial charge in [-0.15, -0.1) is 0 Å². The van der Waals surface area contributed by atoms with Gasteiger partial charge in [-0.05, 0) is 25.8 Å². The van der Waals surface area contributed by atoms with Gasteiger partial charge in [0.1, 0.15) is 0 Å². The normalized spacial score (nSPS) is 11.2. The molecule has 0 saturated carbocycles. The molecule has 0 aliphatic rings. The number of nitro benzene ring substituents is 1. The highest BCUT2D eigenvalue weighted by molar-refractivity contribution is 5.58. The van der Waals surface area contributed by atoms with Crippen LogP contribution in [0.3, 0.4) is 0 Å².